The number of β-amino-alcohol motifs (C(OH)–C–C–N with tert-alkyl or cyclic N) is 1. The number of hydrogen-bond acceptors (Lipinski definition) is 4. The fourth-order valence-electron chi connectivity index (χ4n) is 4.95. The molecular weight excluding hydrogens is 400 g/mol. The molecule has 2 N–H and O–H groups in total. The number of amides is 1. The van der Waals surface area contributed by atoms with Gasteiger partial charge in [0.15, 0.2) is 0 Å². The molecule has 5 heteroatoms. The van der Waals surface area contributed by atoms with E-state index in [9.17, 15) is 9.90 Å². The molecule has 1 saturated heterocycles. The number of aliphatic hydroxyl groups is 1. The number of aryl methyl sites for hydroxylation is 1. The van der Waals surface area contributed by atoms with Crippen molar-refractivity contribution < 1.29 is 14.6 Å². The fraction of sp³-hybridized carbons (Fsp3) is 0.519. The highest BCUT2D eigenvalue weighted by molar-refractivity contribution is 5.94. The van der Waals surface area contributed by atoms with Crippen LogP contribution in [-0.2, 0) is 30.5 Å². The summed E-state index contributed by atoms with van der Waals surface area (Å²) in [6.07, 6.45) is 4.58. The average molecular weight is 437 g/mol. The monoisotopic (exact) mass is 436 g/mol. The minimum atomic E-state index is -0.583. The van der Waals surface area contributed by atoms with Gasteiger partial charge in [0, 0.05) is 45.0 Å². The van der Waals surface area contributed by atoms with E-state index >= 15 is 0 Å². The van der Waals surface area contributed by atoms with Gasteiger partial charge in [-0.3, -0.25) is 9.69 Å². The first-order chi connectivity index (χ1) is 15.6. The summed E-state index contributed by atoms with van der Waals surface area (Å²) in [6, 6.07) is 14.6. The number of nitrogens with zero attached hydrogens (tertiary/aromatic N) is 1. The van der Waals surface area contributed by atoms with E-state index in [1.165, 1.54) is 22.3 Å². The second-order valence-electron chi connectivity index (χ2n) is 9.21. The molecule has 0 aliphatic carbocycles. The van der Waals surface area contributed by atoms with E-state index in [-0.39, 0.29) is 12.5 Å². The molecule has 0 saturated carbocycles. The zero-order valence-electron chi connectivity index (χ0n) is 19.2. The first kappa shape index (κ1) is 23.0. The quantitative estimate of drug-likeness (QED) is 0.666. The predicted molar refractivity (Wildman–Crippen MR) is 127 cm³/mol. The van der Waals surface area contributed by atoms with Gasteiger partial charge in [-0.1, -0.05) is 37.3 Å². The van der Waals surface area contributed by atoms with Crippen LogP contribution in [0.1, 0.15) is 52.4 Å². The third-order valence-corrected chi connectivity index (χ3v) is 6.88. The van der Waals surface area contributed by atoms with Gasteiger partial charge in [0.05, 0.1) is 6.10 Å². The third-order valence-electron chi connectivity index (χ3n) is 6.88. The van der Waals surface area contributed by atoms with Crippen LogP contribution in [0.3, 0.4) is 0 Å². The molecule has 172 valence electrons. The maximum absolute atomic E-state index is 12.8. The number of carbonyl (C=O) groups excluding carboxylic acids is 1. The van der Waals surface area contributed by atoms with Gasteiger partial charge in [0.1, 0.15) is 0 Å². The van der Waals surface area contributed by atoms with Crippen LogP contribution < -0.4 is 5.32 Å². The maximum atomic E-state index is 12.8. The molecule has 1 fully saturated rings. The number of carbonyl (C=O) groups is 1. The van der Waals surface area contributed by atoms with Gasteiger partial charge >= 0.3 is 0 Å². The van der Waals surface area contributed by atoms with Gasteiger partial charge < -0.3 is 15.2 Å². The Morgan fingerprint density at radius 1 is 1.16 bits per heavy atom. The van der Waals surface area contributed by atoms with Crippen LogP contribution in [0.25, 0.3) is 0 Å². The molecule has 1 amide bonds. The van der Waals surface area contributed by atoms with Gasteiger partial charge in [-0.25, -0.2) is 0 Å². The van der Waals surface area contributed by atoms with E-state index in [0.717, 1.165) is 58.4 Å². The number of aliphatic hydroxyl groups excluding tert-OH is 1. The minimum Gasteiger partial charge on any atom is -0.390 e. The molecule has 2 aromatic carbocycles. The molecule has 2 heterocycles. The molecule has 0 radical (unpaired) electrons. The van der Waals surface area contributed by atoms with E-state index in [1.54, 1.807) is 0 Å². The molecule has 1 unspecified atom stereocenters. The second kappa shape index (κ2) is 11.1. The van der Waals surface area contributed by atoms with Crippen molar-refractivity contribution in [1.29, 1.82) is 0 Å². The number of nitrogens with one attached hydrogen (secondary N) is 1. The summed E-state index contributed by atoms with van der Waals surface area (Å²) in [6.45, 7) is 6.48. The molecule has 4 rings (SSSR count). The maximum Gasteiger partial charge on any atom is 0.251 e. The number of benzene rings is 2. The van der Waals surface area contributed by atoms with E-state index in [1.807, 2.05) is 6.07 Å². The lowest BCUT2D eigenvalue weighted by atomic mass is 9.88. The van der Waals surface area contributed by atoms with E-state index in [2.05, 4.69) is 53.5 Å². The lowest BCUT2D eigenvalue weighted by Crippen LogP contribution is -2.42. The predicted octanol–water partition coefficient (Wildman–Crippen LogP) is 3.37. The number of hydrogen-bond donors (Lipinski definition) is 2. The summed E-state index contributed by atoms with van der Waals surface area (Å²) < 4.78 is 5.49. The third kappa shape index (κ3) is 5.97. The normalized spacial score (nSPS) is 18.2. The zero-order valence-corrected chi connectivity index (χ0v) is 19.2. The Morgan fingerprint density at radius 2 is 1.94 bits per heavy atom. The van der Waals surface area contributed by atoms with Crippen LogP contribution >= 0.6 is 0 Å². The molecular formula is C27H36N2O3. The van der Waals surface area contributed by atoms with Crippen molar-refractivity contribution in [1.82, 2.24) is 10.2 Å². The largest absolute Gasteiger partial charge is 0.390 e. The van der Waals surface area contributed by atoms with Crippen molar-refractivity contribution in [2.24, 2.45) is 5.92 Å². The molecule has 2 aliphatic heterocycles. The SMILES string of the molecule is CCc1ccc(C(=O)NCC(O)CN2CCc3ccccc3C2)cc1CC1CCOCC1. The highest BCUT2D eigenvalue weighted by Gasteiger charge is 2.20. The Balaban J connectivity index is 1.30. The van der Waals surface area contributed by atoms with Crippen molar-refractivity contribution >= 4 is 5.91 Å². The van der Waals surface area contributed by atoms with Gasteiger partial charge in [0.2, 0.25) is 0 Å². The molecule has 5 nitrogen and oxygen atoms in total. The van der Waals surface area contributed by atoms with Crippen molar-refractivity contribution in [3.63, 3.8) is 0 Å². The molecule has 2 aromatic rings. The number of ether oxygens (including phenoxy) is 1. The van der Waals surface area contributed by atoms with Crippen LogP contribution in [0.5, 0.6) is 0 Å². The topological polar surface area (TPSA) is 61.8 Å². The lowest BCUT2D eigenvalue weighted by molar-refractivity contribution is 0.0664. The molecule has 2 aliphatic rings. The van der Waals surface area contributed by atoms with Gasteiger partial charge in [0.25, 0.3) is 5.91 Å². The van der Waals surface area contributed by atoms with Crippen molar-refractivity contribution in [2.75, 3.05) is 32.8 Å². The summed E-state index contributed by atoms with van der Waals surface area (Å²) >= 11 is 0. The van der Waals surface area contributed by atoms with Crippen molar-refractivity contribution in [2.45, 2.75) is 51.7 Å². The Morgan fingerprint density at radius 3 is 2.72 bits per heavy atom. The Labute approximate surface area is 191 Å². The smallest absolute Gasteiger partial charge is 0.251 e. The highest BCUT2D eigenvalue weighted by atomic mass is 16.5. The van der Waals surface area contributed by atoms with E-state index < -0.39 is 6.10 Å². The van der Waals surface area contributed by atoms with Crippen LogP contribution in [-0.4, -0.2) is 54.9 Å². The summed E-state index contributed by atoms with van der Waals surface area (Å²) in [5.74, 6) is 0.521. The second-order valence-corrected chi connectivity index (χ2v) is 9.21. The summed E-state index contributed by atoms with van der Waals surface area (Å²) in [5, 5.41) is 13.5. The van der Waals surface area contributed by atoms with Crippen molar-refractivity contribution in [3.8, 4) is 0 Å². The van der Waals surface area contributed by atoms with E-state index in [0.29, 0.717) is 18.0 Å². The summed E-state index contributed by atoms with van der Waals surface area (Å²) in [7, 11) is 0. The van der Waals surface area contributed by atoms with Gasteiger partial charge in [-0.05, 0) is 72.4 Å². The van der Waals surface area contributed by atoms with Crippen LogP contribution in [0.4, 0.5) is 0 Å². The molecule has 1 atom stereocenters. The van der Waals surface area contributed by atoms with Crippen LogP contribution in [0.15, 0.2) is 42.5 Å². The fourth-order valence-corrected chi connectivity index (χ4v) is 4.95. The molecule has 0 aromatic heterocycles. The van der Waals surface area contributed by atoms with Gasteiger partial charge in [-0.15, -0.1) is 0 Å². The molecule has 0 bridgehead atoms. The van der Waals surface area contributed by atoms with Gasteiger partial charge in [-0.2, -0.15) is 0 Å². The van der Waals surface area contributed by atoms with Crippen LogP contribution in [0.2, 0.25) is 0 Å². The van der Waals surface area contributed by atoms with Crippen molar-refractivity contribution in [3.05, 3.63) is 70.3 Å². The lowest BCUT2D eigenvalue weighted by Gasteiger charge is -2.30. The first-order valence-electron chi connectivity index (χ1n) is 12.1. The Hall–Kier alpha value is -2.21. The summed E-state index contributed by atoms with van der Waals surface area (Å²) in [4.78, 5) is 15.1. The zero-order chi connectivity index (χ0) is 22.3. The minimum absolute atomic E-state index is 0.107. The standard InChI is InChI=1S/C27H36N2O3/c1-2-21-7-8-23(16-25(21)15-20-10-13-32-14-11-20)27(31)28-17-26(30)19-29-12-9-22-5-3-4-6-24(22)18-29/h3-8,16,20,26,30H,2,9-15,17-19H2,1H3,(H,28,31). The first-order valence-corrected chi connectivity index (χ1v) is 12.1. The number of fused-ring (bicyclic) bond motifs is 1. The highest BCUT2D eigenvalue weighted by Crippen LogP contribution is 2.24. The van der Waals surface area contributed by atoms with Crippen LogP contribution in [0, 0.1) is 5.92 Å². The van der Waals surface area contributed by atoms with E-state index in [4.69, 9.17) is 4.74 Å². The Kier molecular flexibility index (Phi) is 7.95. The average Bonchev–Trinajstić information content (AvgIpc) is 2.83. The molecule has 0 spiro atoms. The molecule has 32 heavy (non-hydrogen) atoms. The number of rotatable bonds is 8. The Bertz CT molecular complexity index is 908. The summed E-state index contributed by atoms with van der Waals surface area (Å²) in [5.41, 5.74) is 6.02.